The number of halogens is 1. The summed E-state index contributed by atoms with van der Waals surface area (Å²) in [4.78, 5) is 7.64. The van der Waals surface area contributed by atoms with Crippen LogP contribution in [-0.4, -0.2) is 16.6 Å². The van der Waals surface area contributed by atoms with Crippen LogP contribution >= 0.6 is 11.6 Å². The molecule has 3 nitrogen and oxygen atoms in total. The molecule has 1 rings (SSSR count). The van der Waals surface area contributed by atoms with E-state index in [1.807, 2.05) is 6.08 Å². The van der Waals surface area contributed by atoms with Gasteiger partial charge in [0.15, 0.2) is 0 Å². The first kappa shape index (κ1) is 9.99. The Morgan fingerprint density at radius 1 is 1.54 bits per heavy atom. The van der Waals surface area contributed by atoms with Gasteiger partial charge in [-0.05, 0) is 12.8 Å². The lowest BCUT2D eigenvalue weighted by Crippen LogP contribution is -1.98. The van der Waals surface area contributed by atoms with Gasteiger partial charge in [0.2, 0.25) is 5.88 Å². The maximum atomic E-state index is 5.64. The fraction of sp³-hybridized carbons (Fsp3) is 0.333. The Kier molecular flexibility index (Phi) is 4.26. The Labute approximate surface area is 82.4 Å². The molecule has 4 heteroatoms. The molecule has 0 saturated carbocycles. The van der Waals surface area contributed by atoms with Crippen LogP contribution in [0.25, 0.3) is 0 Å². The average molecular weight is 199 g/mol. The first-order chi connectivity index (χ1) is 6.33. The molecule has 1 aromatic rings. The van der Waals surface area contributed by atoms with Crippen LogP contribution in [0, 0.1) is 0 Å². The highest BCUT2D eigenvalue weighted by Crippen LogP contribution is 2.10. The van der Waals surface area contributed by atoms with E-state index in [1.165, 1.54) is 6.33 Å². The third-order valence-corrected chi connectivity index (χ3v) is 1.62. The summed E-state index contributed by atoms with van der Waals surface area (Å²) in [5, 5.41) is 0.397. The molecule has 0 aromatic carbocycles. The van der Waals surface area contributed by atoms with Crippen LogP contribution < -0.4 is 4.74 Å². The molecule has 0 radical (unpaired) electrons. The van der Waals surface area contributed by atoms with Crippen LogP contribution in [0.15, 0.2) is 25.0 Å². The quantitative estimate of drug-likeness (QED) is 0.414. The smallest absolute Gasteiger partial charge is 0.217 e. The highest BCUT2D eigenvalue weighted by Gasteiger charge is 1.95. The van der Waals surface area contributed by atoms with Gasteiger partial charge in [0.05, 0.1) is 6.61 Å². The van der Waals surface area contributed by atoms with Crippen LogP contribution in [-0.2, 0) is 0 Å². The lowest BCUT2D eigenvalue weighted by atomic mass is 10.3. The van der Waals surface area contributed by atoms with Gasteiger partial charge in [0.25, 0.3) is 0 Å². The standard InChI is InChI=1S/C9H11ClN2O/c1-2-3-4-5-13-9-6-8(10)11-7-12-9/h2,6-7H,1,3-5H2. The number of rotatable bonds is 5. The van der Waals surface area contributed by atoms with Crippen LogP contribution in [0.5, 0.6) is 5.88 Å². The van der Waals surface area contributed by atoms with Crippen LogP contribution in [0.1, 0.15) is 12.8 Å². The Hall–Kier alpha value is -1.09. The van der Waals surface area contributed by atoms with Crippen molar-refractivity contribution in [2.24, 2.45) is 0 Å². The topological polar surface area (TPSA) is 35.0 Å². The molecular formula is C9H11ClN2O. The van der Waals surface area contributed by atoms with Gasteiger partial charge in [-0.1, -0.05) is 17.7 Å². The Bertz CT molecular complexity index is 278. The van der Waals surface area contributed by atoms with Crippen molar-refractivity contribution in [2.75, 3.05) is 6.61 Å². The summed E-state index contributed by atoms with van der Waals surface area (Å²) < 4.78 is 5.31. The van der Waals surface area contributed by atoms with Crippen LogP contribution in [0.4, 0.5) is 0 Å². The zero-order valence-corrected chi connectivity index (χ0v) is 8.00. The second-order valence-corrected chi connectivity index (χ2v) is 2.85. The second-order valence-electron chi connectivity index (χ2n) is 2.46. The van der Waals surface area contributed by atoms with Gasteiger partial charge < -0.3 is 4.74 Å². The Morgan fingerprint density at radius 3 is 3.08 bits per heavy atom. The minimum atomic E-state index is 0.397. The summed E-state index contributed by atoms with van der Waals surface area (Å²) in [6.45, 7) is 4.24. The number of hydrogen-bond acceptors (Lipinski definition) is 3. The molecule has 1 heterocycles. The minimum Gasteiger partial charge on any atom is -0.478 e. The van der Waals surface area contributed by atoms with E-state index >= 15 is 0 Å². The number of allylic oxidation sites excluding steroid dienone is 1. The molecule has 0 fully saturated rings. The van der Waals surface area contributed by atoms with Crippen molar-refractivity contribution in [1.29, 1.82) is 0 Å². The Morgan fingerprint density at radius 2 is 2.38 bits per heavy atom. The fourth-order valence-electron chi connectivity index (χ4n) is 0.801. The van der Waals surface area contributed by atoms with Gasteiger partial charge in [-0.25, -0.2) is 9.97 Å². The van der Waals surface area contributed by atoms with Gasteiger partial charge in [0, 0.05) is 6.07 Å². The predicted octanol–water partition coefficient (Wildman–Crippen LogP) is 2.48. The summed E-state index contributed by atoms with van der Waals surface area (Å²) in [5.74, 6) is 0.518. The zero-order chi connectivity index (χ0) is 9.52. The molecular weight excluding hydrogens is 188 g/mol. The molecule has 0 saturated heterocycles. The monoisotopic (exact) mass is 198 g/mol. The third-order valence-electron chi connectivity index (χ3n) is 1.41. The van der Waals surface area contributed by atoms with E-state index in [2.05, 4.69) is 16.5 Å². The van der Waals surface area contributed by atoms with Crippen molar-refractivity contribution < 1.29 is 4.74 Å². The molecule has 0 N–H and O–H groups in total. The van der Waals surface area contributed by atoms with Crippen molar-refractivity contribution in [3.8, 4) is 5.88 Å². The molecule has 0 aliphatic heterocycles. The van der Waals surface area contributed by atoms with E-state index in [1.54, 1.807) is 6.07 Å². The summed E-state index contributed by atoms with van der Waals surface area (Å²) in [7, 11) is 0. The van der Waals surface area contributed by atoms with Gasteiger partial charge in [-0.3, -0.25) is 0 Å². The molecule has 1 aromatic heterocycles. The molecule has 0 aliphatic carbocycles. The van der Waals surface area contributed by atoms with Crippen molar-refractivity contribution in [2.45, 2.75) is 12.8 Å². The van der Waals surface area contributed by atoms with Crippen LogP contribution in [0.2, 0.25) is 5.15 Å². The van der Waals surface area contributed by atoms with Gasteiger partial charge in [-0.2, -0.15) is 0 Å². The molecule has 70 valence electrons. The van der Waals surface area contributed by atoms with Crippen molar-refractivity contribution >= 4 is 11.6 Å². The molecule has 0 amide bonds. The molecule has 13 heavy (non-hydrogen) atoms. The number of ether oxygens (including phenoxy) is 1. The largest absolute Gasteiger partial charge is 0.478 e. The maximum absolute atomic E-state index is 5.64. The first-order valence-corrected chi connectivity index (χ1v) is 4.42. The van der Waals surface area contributed by atoms with E-state index in [0.717, 1.165) is 12.8 Å². The molecule has 0 aliphatic rings. The Balaban J connectivity index is 2.32. The average Bonchev–Trinajstić information content (AvgIpc) is 2.13. The molecule has 0 bridgehead atoms. The maximum Gasteiger partial charge on any atom is 0.217 e. The number of unbranched alkanes of at least 4 members (excludes halogenated alkanes) is 1. The highest BCUT2D eigenvalue weighted by atomic mass is 35.5. The van der Waals surface area contributed by atoms with Gasteiger partial charge in [-0.15, -0.1) is 6.58 Å². The summed E-state index contributed by atoms with van der Waals surface area (Å²) >= 11 is 5.64. The fourth-order valence-corrected chi connectivity index (χ4v) is 0.938. The molecule has 0 unspecified atom stereocenters. The second kappa shape index (κ2) is 5.54. The lowest BCUT2D eigenvalue weighted by molar-refractivity contribution is 0.300. The zero-order valence-electron chi connectivity index (χ0n) is 7.24. The number of nitrogens with zero attached hydrogens (tertiary/aromatic N) is 2. The minimum absolute atomic E-state index is 0.397. The summed E-state index contributed by atoms with van der Waals surface area (Å²) in [6, 6.07) is 1.59. The number of aromatic nitrogens is 2. The normalized spacial score (nSPS) is 9.62. The SMILES string of the molecule is C=CCCCOc1cc(Cl)ncn1. The molecule has 0 spiro atoms. The van der Waals surface area contributed by atoms with E-state index in [9.17, 15) is 0 Å². The van der Waals surface area contributed by atoms with Crippen molar-refractivity contribution in [3.63, 3.8) is 0 Å². The lowest BCUT2D eigenvalue weighted by Gasteiger charge is -2.02. The molecule has 0 atom stereocenters. The van der Waals surface area contributed by atoms with Gasteiger partial charge in [0.1, 0.15) is 11.5 Å². The highest BCUT2D eigenvalue weighted by molar-refractivity contribution is 6.29. The number of hydrogen-bond donors (Lipinski definition) is 0. The van der Waals surface area contributed by atoms with Crippen molar-refractivity contribution in [1.82, 2.24) is 9.97 Å². The van der Waals surface area contributed by atoms with E-state index < -0.39 is 0 Å². The van der Waals surface area contributed by atoms with E-state index in [-0.39, 0.29) is 0 Å². The van der Waals surface area contributed by atoms with Gasteiger partial charge >= 0.3 is 0 Å². The predicted molar refractivity (Wildman–Crippen MR) is 52.0 cm³/mol. The summed E-state index contributed by atoms with van der Waals surface area (Å²) in [5.41, 5.74) is 0. The van der Waals surface area contributed by atoms with E-state index in [4.69, 9.17) is 16.3 Å². The van der Waals surface area contributed by atoms with Crippen molar-refractivity contribution in [3.05, 3.63) is 30.2 Å². The first-order valence-electron chi connectivity index (χ1n) is 4.04. The van der Waals surface area contributed by atoms with E-state index in [0.29, 0.717) is 17.6 Å². The third kappa shape index (κ3) is 3.90. The summed E-state index contributed by atoms with van der Waals surface area (Å²) in [6.07, 6.45) is 5.12. The van der Waals surface area contributed by atoms with Crippen LogP contribution in [0.3, 0.4) is 0 Å².